The van der Waals surface area contributed by atoms with E-state index in [1.807, 2.05) is 13.0 Å². The van der Waals surface area contributed by atoms with Crippen LogP contribution in [-0.4, -0.2) is 28.2 Å². The van der Waals surface area contributed by atoms with Gasteiger partial charge in [0.25, 0.3) is 0 Å². The van der Waals surface area contributed by atoms with E-state index >= 15 is 0 Å². The second-order valence-corrected chi connectivity index (χ2v) is 6.28. The Morgan fingerprint density at radius 1 is 1.40 bits per heavy atom. The van der Waals surface area contributed by atoms with E-state index in [2.05, 4.69) is 27.2 Å². The number of aromatic nitrogens is 3. The molecule has 0 amide bonds. The van der Waals surface area contributed by atoms with Crippen molar-refractivity contribution in [3.63, 3.8) is 0 Å². The largest absolute Gasteiger partial charge is 0.381 e. The molecule has 3 heterocycles. The van der Waals surface area contributed by atoms with E-state index < -0.39 is 0 Å². The molecule has 20 heavy (non-hydrogen) atoms. The highest BCUT2D eigenvalue weighted by molar-refractivity contribution is 7.11. The van der Waals surface area contributed by atoms with Crippen LogP contribution in [0.3, 0.4) is 0 Å². The Labute approximate surface area is 122 Å². The SMILES string of the molecule is Cc1nc(CNc2cc([C@@H]3CCOC3)ncn2)sc1C. The van der Waals surface area contributed by atoms with Crippen LogP contribution in [0.2, 0.25) is 0 Å². The van der Waals surface area contributed by atoms with Gasteiger partial charge in [-0.15, -0.1) is 11.3 Å². The topological polar surface area (TPSA) is 59.9 Å². The molecule has 6 heteroatoms. The summed E-state index contributed by atoms with van der Waals surface area (Å²) in [6.07, 6.45) is 2.66. The molecule has 0 aliphatic carbocycles. The quantitative estimate of drug-likeness (QED) is 0.938. The Bertz CT molecular complexity index is 573. The molecule has 1 aliphatic heterocycles. The number of nitrogens with one attached hydrogen (secondary N) is 1. The van der Waals surface area contributed by atoms with Crippen molar-refractivity contribution in [2.45, 2.75) is 32.7 Å². The number of ether oxygens (including phenoxy) is 1. The minimum atomic E-state index is 0.405. The Hall–Kier alpha value is -1.53. The van der Waals surface area contributed by atoms with Crippen molar-refractivity contribution in [3.8, 4) is 0 Å². The lowest BCUT2D eigenvalue weighted by Crippen LogP contribution is -2.05. The molecule has 1 fully saturated rings. The predicted molar refractivity (Wildman–Crippen MR) is 79.1 cm³/mol. The number of nitrogens with zero attached hydrogens (tertiary/aromatic N) is 3. The molecule has 1 atom stereocenters. The molecule has 5 nitrogen and oxygen atoms in total. The highest BCUT2D eigenvalue weighted by Gasteiger charge is 2.19. The number of rotatable bonds is 4. The van der Waals surface area contributed by atoms with Gasteiger partial charge < -0.3 is 10.1 Å². The van der Waals surface area contributed by atoms with Crippen molar-refractivity contribution in [1.82, 2.24) is 15.0 Å². The van der Waals surface area contributed by atoms with Crippen LogP contribution in [0.25, 0.3) is 0 Å². The number of hydrogen-bond donors (Lipinski definition) is 1. The standard InChI is InChI=1S/C14H18N4OS/c1-9-10(2)20-14(18-9)6-15-13-5-12(16-8-17-13)11-3-4-19-7-11/h5,8,11H,3-4,6-7H2,1-2H3,(H,15,16,17)/t11-/m1/s1. The summed E-state index contributed by atoms with van der Waals surface area (Å²) in [4.78, 5) is 14.4. The Morgan fingerprint density at radius 3 is 3.00 bits per heavy atom. The van der Waals surface area contributed by atoms with Crippen molar-refractivity contribution in [2.75, 3.05) is 18.5 Å². The van der Waals surface area contributed by atoms with E-state index in [9.17, 15) is 0 Å². The van der Waals surface area contributed by atoms with Gasteiger partial charge in [0.2, 0.25) is 0 Å². The van der Waals surface area contributed by atoms with Crippen molar-refractivity contribution in [1.29, 1.82) is 0 Å². The van der Waals surface area contributed by atoms with Crippen LogP contribution in [0.5, 0.6) is 0 Å². The molecule has 0 bridgehead atoms. The summed E-state index contributed by atoms with van der Waals surface area (Å²) in [5.74, 6) is 1.26. The van der Waals surface area contributed by atoms with Gasteiger partial charge in [-0.05, 0) is 20.3 Å². The molecule has 1 saturated heterocycles. The van der Waals surface area contributed by atoms with E-state index in [0.29, 0.717) is 12.5 Å². The first-order valence-electron chi connectivity index (χ1n) is 6.79. The molecule has 2 aromatic rings. The number of anilines is 1. The average Bonchev–Trinajstić information content (AvgIpc) is 3.08. The molecule has 0 radical (unpaired) electrons. The van der Waals surface area contributed by atoms with Crippen LogP contribution >= 0.6 is 11.3 Å². The zero-order valence-electron chi connectivity index (χ0n) is 11.7. The molecule has 1 N–H and O–H groups in total. The number of hydrogen-bond acceptors (Lipinski definition) is 6. The molecule has 2 aromatic heterocycles. The second-order valence-electron chi connectivity index (χ2n) is 4.99. The van der Waals surface area contributed by atoms with Crippen LogP contribution in [0, 0.1) is 13.8 Å². The van der Waals surface area contributed by atoms with E-state index in [-0.39, 0.29) is 0 Å². The first-order chi connectivity index (χ1) is 9.72. The highest BCUT2D eigenvalue weighted by Crippen LogP contribution is 2.24. The van der Waals surface area contributed by atoms with Gasteiger partial charge >= 0.3 is 0 Å². The van der Waals surface area contributed by atoms with Crippen molar-refractivity contribution >= 4 is 17.2 Å². The third kappa shape index (κ3) is 2.96. The minimum absolute atomic E-state index is 0.405. The van der Waals surface area contributed by atoms with Crippen LogP contribution < -0.4 is 5.32 Å². The minimum Gasteiger partial charge on any atom is -0.381 e. The molecule has 0 aromatic carbocycles. The fraction of sp³-hybridized carbons (Fsp3) is 0.500. The maximum atomic E-state index is 5.41. The Kier molecular flexibility index (Phi) is 3.93. The zero-order chi connectivity index (χ0) is 13.9. The maximum Gasteiger partial charge on any atom is 0.129 e. The van der Waals surface area contributed by atoms with Crippen molar-refractivity contribution < 1.29 is 4.74 Å². The summed E-state index contributed by atoms with van der Waals surface area (Å²) in [6, 6.07) is 2.02. The predicted octanol–water partition coefficient (Wildman–Crippen LogP) is 2.67. The van der Waals surface area contributed by atoms with E-state index in [4.69, 9.17) is 4.74 Å². The van der Waals surface area contributed by atoms with Crippen molar-refractivity contribution in [2.24, 2.45) is 0 Å². The molecule has 106 valence electrons. The van der Waals surface area contributed by atoms with Crippen LogP contribution in [0.4, 0.5) is 5.82 Å². The van der Waals surface area contributed by atoms with Gasteiger partial charge in [0.05, 0.1) is 24.5 Å². The molecule has 0 saturated carbocycles. The monoisotopic (exact) mass is 290 g/mol. The van der Waals surface area contributed by atoms with Crippen LogP contribution in [0.1, 0.15) is 33.6 Å². The van der Waals surface area contributed by atoms with Crippen LogP contribution in [0.15, 0.2) is 12.4 Å². The Balaban J connectivity index is 1.66. The van der Waals surface area contributed by atoms with Gasteiger partial charge in [-0.25, -0.2) is 15.0 Å². The normalized spacial score (nSPS) is 18.4. The molecule has 1 aliphatic rings. The average molecular weight is 290 g/mol. The van der Waals surface area contributed by atoms with E-state index in [1.165, 1.54) is 4.88 Å². The number of thiazole rings is 1. The molecule has 0 unspecified atom stereocenters. The summed E-state index contributed by atoms with van der Waals surface area (Å²) < 4.78 is 5.41. The first kappa shape index (κ1) is 13.5. The third-order valence-electron chi connectivity index (χ3n) is 3.53. The van der Waals surface area contributed by atoms with Gasteiger partial charge in [-0.3, -0.25) is 0 Å². The zero-order valence-corrected chi connectivity index (χ0v) is 12.5. The van der Waals surface area contributed by atoms with Gasteiger partial charge in [0.1, 0.15) is 17.2 Å². The highest BCUT2D eigenvalue weighted by atomic mass is 32.1. The van der Waals surface area contributed by atoms with E-state index in [0.717, 1.165) is 41.8 Å². The fourth-order valence-corrected chi connectivity index (χ4v) is 3.11. The lowest BCUT2D eigenvalue weighted by Gasteiger charge is -2.09. The molecular formula is C14H18N4OS. The summed E-state index contributed by atoms with van der Waals surface area (Å²) in [6.45, 7) is 6.44. The molecule has 0 spiro atoms. The Morgan fingerprint density at radius 2 is 2.30 bits per heavy atom. The lowest BCUT2D eigenvalue weighted by atomic mass is 10.1. The third-order valence-corrected chi connectivity index (χ3v) is 4.60. The molecule has 3 rings (SSSR count). The smallest absolute Gasteiger partial charge is 0.129 e. The van der Waals surface area contributed by atoms with E-state index in [1.54, 1.807) is 17.7 Å². The van der Waals surface area contributed by atoms with Gasteiger partial charge in [0.15, 0.2) is 0 Å². The maximum absolute atomic E-state index is 5.41. The number of aryl methyl sites for hydroxylation is 2. The van der Waals surface area contributed by atoms with Crippen LogP contribution in [-0.2, 0) is 11.3 Å². The molecular weight excluding hydrogens is 272 g/mol. The summed E-state index contributed by atoms with van der Waals surface area (Å²) in [5, 5.41) is 4.41. The second kappa shape index (κ2) is 5.85. The summed E-state index contributed by atoms with van der Waals surface area (Å²) in [5.41, 5.74) is 2.17. The summed E-state index contributed by atoms with van der Waals surface area (Å²) in [7, 11) is 0. The summed E-state index contributed by atoms with van der Waals surface area (Å²) >= 11 is 1.73. The first-order valence-corrected chi connectivity index (χ1v) is 7.60. The van der Waals surface area contributed by atoms with Gasteiger partial charge in [0, 0.05) is 23.5 Å². The lowest BCUT2D eigenvalue weighted by molar-refractivity contribution is 0.193. The van der Waals surface area contributed by atoms with Gasteiger partial charge in [-0.2, -0.15) is 0 Å². The fourth-order valence-electron chi connectivity index (χ4n) is 2.24. The van der Waals surface area contributed by atoms with Gasteiger partial charge in [-0.1, -0.05) is 0 Å². The van der Waals surface area contributed by atoms with Crippen molar-refractivity contribution in [3.05, 3.63) is 33.7 Å².